The van der Waals surface area contributed by atoms with Crippen molar-refractivity contribution in [3.05, 3.63) is 33.9 Å². The molecule has 1 fully saturated rings. The van der Waals surface area contributed by atoms with Crippen molar-refractivity contribution < 1.29 is 24.3 Å². The smallest absolute Gasteiger partial charge is 0.337 e. The number of carboxylic acids is 1. The van der Waals surface area contributed by atoms with Crippen molar-refractivity contribution in [1.82, 2.24) is 0 Å². The Morgan fingerprint density at radius 2 is 1.90 bits per heavy atom. The van der Waals surface area contributed by atoms with Gasteiger partial charge in [0.05, 0.1) is 16.2 Å². The van der Waals surface area contributed by atoms with Gasteiger partial charge in [0.1, 0.15) is 12.2 Å². The molecule has 0 spiro atoms. The molecule has 1 aromatic rings. The predicted molar refractivity (Wildman–Crippen MR) is 73.9 cm³/mol. The van der Waals surface area contributed by atoms with Crippen molar-refractivity contribution in [2.45, 2.75) is 12.2 Å². The minimum atomic E-state index is -1.13. The van der Waals surface area contributed by atoms with Crippen LogP contribution < -0.4 is 4.90 Å². The van der Waals surface area contributed by atoms with Crippen LogP contribution in [0.4, 0.5) is 11.4 Å². The molecular formula is C13H16N2O6. The van der Waals surface area contributed by atoms with Gasteiger partial charge in [-0.15, -0.1) is 0 Å². The van der Waals surface area contributed by atoms with Crippen LogP contribution in [0, 0.1) is 10.1 Å². The van der Waals surface area contributed by atoms with Crippen molar-refractivity contribution in [2.24, 2.45) is 0 Å². The summed E-state index contributed by atoms with van der Waals surface area (Å²) in [5.41, 5.74) is 0.176. The first-order valence-corrected chi connectivity index (χ1v) is 6.30. The van der Waals surface area contributed by atoms with E-state index in [0.29, 0.717) is 18.8 Å². The van der Waals surface area contributed by atoms with Crippen LogP contribution in [0.1, 0.15) is 10.4 Å². The second-order valence-corrected chi connectivity index (χ2v) is 4.72. The molecule has 2 unspecified atom stereocenters. The number of aromatic carboxylic acids is 1. The number of anilines is 1. The molecule has 114 valence electrons. The van der Waals surface area contributed by atoms with Gasteiger partial charge in [-0.3, -0.25) is 10.1 Å². The number of hydrogen-bond donors (Lipinski definition) is 1. The summed E-state index contributed by atoms with van der Waals surface area (Å²) in [5.74, 6) is -1.13. The number of hydrogen-bond acceptors (Lipinski definition) is 6. The maximum Gasteiger partial charge on any atom is 0.337 e. The summed E-state index contributed by atoms with van der Waals surface area (Å²) >= 11 is 0. The number of nitro groups is 1. The van der Waals surface area contributed by atoms with Gasteiger partial charge in [0.2, 0.25) is 0 Å². The molecule has 0 radical (unpaired) electrons. The summed E-state index contributed by atoms with van der Waals surface area (Å²) < 4.78 is 10.6. The summed E-state index contributed by atoms with van der Waals surface area (Å²) in [7, 11) is 3.09. The summed E-state index contributed by atoms with van der Waals surface area (Å²) in [4.78, 5) is 23.4. The van der Waals surface area contributed by atoms with Gasteiger partial charge in [0, 0.05) is 39.4 Å². The van der Waals surface area contributed by atoms with Gasteiger partial charge in [0.15, 0.2) is 0 Å². The lowest BCUT2D eigenvalue weighted by molar-refractivity contribution is -0.384. The zero-order valence-electron chi connectivity index (χ0n) is 11.7. The molecule has 0 amide bonds. The molecule has 8 heteroatoms. The Bertz CT molecular complexity index is 550. The van der Waals surface area contributed by atoms with Crippen molar-refractivity contribution in [3.8, 4) is 0 Å². The Balaban J connectivity index is 2.39. The number of non-ortho nitro benzene ring substituents is 1. The molecule has 1 heterocycles. The third kappa shape index (κ3) is 2.96. The Morgan fingerprint density at radius 1 is 1.33 bits per heavy atom. The average molecular weight is 296 g/mol. The van der Waals surface area contributed by atoms with Crippen LogP contribution in [-0.2, 0) is 9.47 Å². The van der Waals surface area contributed by atoms with Gasteiger partial charge in [0.25, 0.3) is 5.69 Å². The Morgan fingerprint density at radius 3 is 2.33 bits per heavy atom. The van der Waals surface area contributed by atoms with Gasteiger partial charge in [-0.25, -0.2) is 4.79 Å². The molecule has 1 saturated heterocycles. The maximum atomic E-state index is 11.3. The molecule has 1 aliphatic heterocycles. The Kier molecular flexibility index (Phi) is 4.39. The molecule has 0 aliphatic carbocycles. The second-order valence-electron chi connectivity index (χ2n) is 4.72. The standard InChI is InChI=1S/C13H16N2O6/c1-20-11-6-14(7-12(11)21-2)10-5-8(15(18)19)3-4-9(10)13(16)17/h3-5,11-12H,6-7H2,1-2H3,(H,16,17). The normalized spacial score (nSPS) is 21.5. The molecule has 2 atom stereocenters. The van der Waals surface area contributed by atoms with E-state index in [9.17, 15) is 20.0 Å². The molecular weight excluding hydrogens is 280 g/mol. The third-order valence-electron chi connectivity index (χ3n) is 3.58. The number of methoxy groups -OCH3 is 2. The molecule has 1 N–H and O–H groups in total. The average Bonchev–Trinajstić information content (AvgIpc) is 2.89. The van der Waals surface area contributed by atoms with E-state index in [2.05, 4.69) is 0 Å². The number of nitrogens with zero attached hydrogens (tertiary/aromatic N) is 2. The van der Waals surface area contributed by atoms with Crippen molar-refractivity contribution >= 4 is 17.3 Å². The van der Waals surface area contributed by atoms with E-state index in [-0.39, 0.29) is 23.5 Å². The highest BCUT2D eigenvalue weighted by atomic mass is 16.6. The van der Waals surface area contributed by atoms with E-state index in [1.54, 1.807) is 19.1 Å². The van der Waals surface area contributed by atoms with Crippen LogP contribution in [0.15, 0.2) is 18.2 Å². The number of carboxylic acid groups (broad SMARTS) is 1. The summed E-state index contributed by atoms with van der Waals surface area (Å²) in [5, 5.41) is 20.1. The molecule has 0 bridgehead atoms. The minimum absolute atomic E-state index is 0.0206. The number of rotatable bonds is 5. The number of nitro benzene ring substituents is 1. The van der Waals surface area contributed by atoms with E-state index >= 15 is 0 Å². The molecule has 2 rings (SSSR count). The van der Waals surface area contributed by atoms with Crippen molar-refractivity contribution in [1.29, 1.82) is 0 Å². The fourth-order valence-corrected chi connectivity index (χ4v) is 2.47. The summed E-state index contributed by atoms with van der Waals surface area (Å²) in [6, 6.07) is 3.70. The minimum Gasteiger partial charge on any atom is -0.478 e. The van der Waals surface area contributed by atoms with Crippen LogP contribution in [0.2, 0.25) is 0 Å². The lowest BCUT2D eigenvalue weighted by atomic mass is 10.1. The van der Waals surface area contributed by atoms with Gasteiger partial charge >= 0.3 is 5.97 Å². The zero-order valence-corrected chi connectivity index (χ0v) is 11.7. The van der Waals surface area contributed by atoms with Crippen LogP contribution in [0.3, 0.4) is 0 Å². The van der Waals surface area contributed by atoms with Crippen molar-refractivity contribution in [2.75, 3.05) is 32.2 Å². The molecule has 1 aromatic carbocycles. The van der Waals surface area contributed by atoms with Crippen LogP contribution >= 0.6 is 0 Å². The largest absolute Gasteiger partial charge is 0.478 e. The van der Waals surface area contributed by atoms with E-state index in [1.807, 2.05) is 0 Å². The van der Waals surface area contributed by atoms with Gasteiger partial charge in [-0.2, -0.15) is 0 Å². The van der Waals surface area contributed by atoms with Crippen LogP contribution in [0.5, 0.6) is 0 Å². The molecule has 21 heavy (non-hydrogen) atoms. The topological polar surface area (TPSA) is 102 Å². The fourth-order valence-electron chi connectivity index (χ4n) is 2.47. The quantitative estimate of drug-likeness (QED) is 0.642. The highest BCUT2D eigenvalue weighted by Gasteiger charge is 2.35. The fraction of sp³-hybridized carbons (Fsp3) is 0.462. The Labute approximate surface area is 121 Å². The second kappa shape index (κ2) is 6.06. The molecule has 0 saturated carbocycles. The van der Waals surface area contributed by atoms with Crippen LogP contribution in [0.25, 0.3) is 0 Å². The van der Waals surface area contributed by atoms with Gasteiger partial charge in [-0.05, 0) is 6.07 Å². The highest BCUT2D eigenvalue weighted by Crippen LogP contribution is 2.30. The van der Waals surface area contributed by atoms with Crippen LogP contribution in [-0.4, -0.2) is 55.5 Å². The molecule has 0 aromatic heterocycles. The molecule has 8 nitrogen and oxygen atoms in total. The van der Waals surface area contributed by atoms with E-state index in [4.69, 9.17) is 9.47 Å². The zero-order chi connectivity index (χ0) is 15.6. The first kappa shape index (κ1) is 15.2. The number of benzene rings is 1. The molecule has 1 aliphatic rings. The van der Waals surface area contributed by atoms with Gasteiger partial charge in [-0.1, -0.05) is 0 Å². The lowest BCUT2D eigenvalue weighted by Gasteiger charge is -2.20. The monoisotopic (exact) mass is 296 g/mol. The number of ether oxygens (including phenoxy) is 2. The number of carbonyl (C=O) groups is 1. The van der Waals surface area contributed by atoms with E-state index < -0.39 is 10.9 Å². The first-order chi connectivity index (χ1) is 9.97. The van der Waals surface area contributed by atoms with E-state index in [0.717, 1.165) is 0 Å². The van der Waals surface area contributed by atoms with E-state index in [1.165, 1.54) is 18.2 Å². The Hall–Kier alpha value is -2.19. The van der Waals surface area contributed by atoms with Crippen molar-refractivity contribution in [3.63, 3.8) is 0 Å². The summed E-state index contributed by atoms with van der Waals surface area (Å²) in [6.07, 6.45) is -0.424. The first-order valence-electron chi connectivity index (χ1n) is 6.30. The highest BCUT2D eigenvalue weighted by molar-refractivity contribution is 5.95. The third-order valence-corrected chi connectivity index (χ3v) is 3.58. The summed E-state index contributed by atoms with van der Waals surface area (Å²) in [6.45, 7) is 0.826. The maximum absolute atomic E-state index is 11.3. The predicted octanol–water partition coefficient (Wildman–Crippen LogP) is 1.14. The lowest BCUT2D eigenvalue weighted by Crippen LogP contribution is -2.27. The van der Waals surface area contributed by atoms with Gasteiger partial charge < -0.3 is 19.5 Å². The SMILES string of the molecule is COC1CN(c2cc([N+](=O)[O-])ccc2C(=O)O)CC1OC.